The van der Waals surface area contributed by atoms with Gasteiger partial charge in [-0.25, -0.2) is 0 Å². The van der Waals surface area contributed by atoms with Crippen LogP contribution in [0.25, 0.3) is 0 Å². The van der Waals surface area contributed by atoms with E-state index in [4.69, 9.17) is 5.73 Å². The molecule has 4 nitrogen and oxygen atoms in total. The quantitative estimate of drug-likeness (QED) is 0.638. The van der Waals surface area contributed by atoms with Crippen molar-refractivity contribution >= 4 is 5.91 Å². The van der Waals surface area contributed by atoms with Gasteiger partial charge in [-0.2, -0.15) is 0 Å². The Hall–Kier alpha value is -1.39. The Morgan fingerprint density at radius 3 is 2.53 bits per heavy atom. The summed E-state index contributed by atoms with van der Waals surface area (Å²) >= 11 is 0. The minimum atomic E-state index is -0.786. The largest absolute Gasteiger partial charge is 0.391 e. The number of carbonyl (C=O) groups is 1. The lowest BCUT2D eigenvalue weighted by molar-refractivity contribution is -0.122. The van der Waals surface area contributed by atoms with Gasteiger partial charge in [0.2, 0.25) is 5.91 Å². The Bertz CT molecular complexity index is 312. The van der Waals surface area contributed by atoms with Gasteiger partial charge in [0, 0.05) is 6.54 Å². The van der Waals surface area contributed by atoms with E-state index in [1.807, 2.05) is 30.3 Å². The molecule has 0 saturated carbocycles. The summed E-state index contributed by atoms with van der Waals surface area (Å²) in [5.74, 6) is -0.541. The number of carbonyl (C=O) groups excluding carboxylic acids is 1. The lowest BCUT2D eigenvalue weighted by Crippen LogP contribution is -2.47. The summed E-state index contributed by atoms with van der Waals surface area (Å²) in [5, 5.41) is 12.2. The summed E-state index contributed by atoms with van der Waals surface area (Å²) in [4.78, 5) is 11.0. The normalized spacial score (nSPS) is 14.5. The van der Waals surface area contributed by atoms with Gasteiger partial charge in [0.25, 0.3) is 0 Å². The van der Waals surface area contributed by atoms with E-state index in [1.165, 1.54) is 6.92 Å². The van der Waals surface area contributed by atoms with Crippen LogP contribution in [0, 0.1) is 0 Å². The molecule has 2 atom stereocenters. The predicted octanol–water partition coefficient (Wildman–Crippen LogP) is 0.0109. The van der Waals surface area contributed by atoms with Crippen LogP contribution in [-0.4, -0.2) is 23.2 Å². The molecule has 0 heterocycles. The third-order valence-electron chi connectivity index (χ3n) is 2.16. The Kier molecular flexibility index (Phi) is 4.27. The Morgan fingerprint density at radius 1 is 1.47 bits per heavy atom. The highest BCUT2D eigenvalue weighted by molar-refractivity contribution is 5.80. The zero-order valence-electron chi connectivity index (χ0n) is 8.68. The molecule has 0 bridgehead atoms. The molecule has 15 heavy (non-hydrogen) atoms. The number of hydrogen-bond acceptors (Lipinski definition) is 3. The van der Waals surface area contributed by atoms with E-state index >= 15 is 0 Å². The molecule has 4 heteroatoms. The van der Waals surface area contributed by atoms with Gasteiger partial charge in [0.15, 0.2) is 0 Å². The third-order valence-corrected chi connectivity index (χ3v) is 2.16. The summed E-state index contributed by atoms with van der Waals surface area (Å²) in [7, 11) is 0. The number of nitrogens with two attached hydrogens (primary N) is 1. The smallest absolute Gasteiger partial charge is 0.237 e. The van der Waals surface area contributed by atoms with E-state index < -0.39 is 18.1 Å². The van der Waals surface area contributed by atoms with Crippen molar-refractivity contribution in [2.24, 2.45) is 5.73 Å². The number of rotatable bonds is 5. The average molecular weight is 208 g/mol. The highest BCUT2D eigenvalue weighted by Crippen LogP contribution is 1.99. The predicted molar refractivity (Wildman–Crippen MR) is 57.9 cm³/mol. The second kappa shape index (κ2) is 5.48. The van der Waals surface area contributed by atoms with Crippen molar-refractivity contribution in [3.63, 3.8) is 0 Å². The van der Waals surface area contributed by atoms with Gasteiger partial charge >= 0.3 is 0 Å². The maximum absolute atomic E-state index is 11.0. The Morgan fingerprint density at radius 2 is 2.07 bits per heavy atom. The van der Waals surface area contributed by atoms with Crippen molar-refractivity contribution in [3.8, 4) is 0 Å². The summed E-state index contributed by atoms with van der Waals surface area (Å²) < 4.78 is 0. The van der Waals surface area contributed by atoms with E-state index in [9.17, 15) is 9.90 Å². The van der Waals surface area contributed by atoms with Gasteiger partial charge in [-0.05, 0) is 12.5 Å². The summed E-state index contributed by atoms with van der Waals surface area (Å²) in [6, 6.07) is 8.92. The number of aliphatic hydroxyl groups is 1. The molecule has 1 rings (SSSR count). The zero-order valence-corrected chi connectivity index (χ0v) is 8.68. The standard InChI is InChI=1S/C11H16N2O2/c1-8(14)10(11(12)15)13-7-9-5-3-2-4-6-9/h2-6,8,10,13-14H,7H2,1H3,(H2,12,15). The number of aliphatic hydroxyl groups excluding tert-OH is 1. The lowest BCUT2D eigenvalue weighted by Gasteiger charge is -2.17. The third kappa shape index (κ3) is 3.69. The SMILES string of the molecule is CC(O)C(NCc1ccccc1)C(N)=O. The van der Waals surface area contributed by atoms with Crippen LogP contribution < -0.4 is 11.1 Å². The van der Waals surface area contributed by atoms with Gasteiger partial charge in [-0.1, -0.05) is 30.3 Å². The topological polar surface area (TPSA) is 75.3 Å². The fourth-order valence-electron chi connectivity index (χ4n) is 1.33. The van der Waals surface area contributed by atoms with Crippen LogP contribution in [0.15, 0.2) is 30.3 Å². The summed E-state index contributed by atoms with van der Waals surface area (Å²) in [6.07, 6.45) is -0.786. The lowest BCUT2D eigenvalue weighted by atomic mass is 10.1. The van der Waals surface area contributed by atoms with Gasteiger partial charge in [-0.3, -0.25) is 10.1 Å². The molecule has 2 unspecified atom stereocenters. The Labute approximate surface area is 89.1 Å². The molecule has 0 radical (unpaired) electrons. The fraction of sp³-hybridized carbons (Fsp3) is 0.364. The van der Waals surface area contributed by atoms with Crippen LogP contribution in [0.2, 0.25) is 0 Å². The number of amides is 1. The first kappa shape index (κ1) is 11.7. The average Bonchev–Trinajstić information content (AvgIpc) is 2.18. The highest BCUT2D eigenvalue weighted by Gasteiger charge is 2.19. The van der Waals surface area contributed by atoms with Crippen LogP contribution in [0.5, 0.6) is 0 Å². The minimum Gasteiger partial charge on any atom is -0.391 e. The van der Waals surface area contributed by atoms with Crippen LogP contribution in [0.4, 0.5) is 0 Å². The number of benzene rings is 1. The molecule has 0 saturated heterocycles. The van der Waals surface area contributed by atoms with E-state index in [2.05, 4.69) is 5.32 Å². The molecular weight excluding hydrogens is 192 g/mol. The second-order valence-corrected chi connectivity index (χ2v) is 3.49. The maximum Gasteiger partial charge on any atom is 0.237 e. The van der Waals surface area contributed by atoms with Crippen molar-refractivity contribution in [1.82, 2.24) is 5.32 Å². The molecule has 0 aliphatic rings. The molecule has 0 aliphatic carbocycles. The number of primary amides is 1. The molecule has 82 valence electrons. The van der Waals surface area contributed by atoms with Gasteiger partial charge in [-0.15, -0.1) is 0 Å². The van der Waals surface area contributed by atoms with E-state index in [1.54, 1.807) is 0 Å². The number of hydrogen-bond donors (Lipinski definition) is 3. The molecule has 0 fully saturated rings. The number of nitrogens with one attached hydrogen (secondary N) is 1. The van der Waals surface area contributed by atoms with Crippen molar-refractivity contribution in [2.75, 3.05) is 0 Å². The Balaban J connectivity index is 2.51. The van der Waals surface area contributed by atoms with Crippen LogP contribution in [-0.2, 0) is 11.3 Å². The van der Waals surface area contributed by atoms with E-state index in [0.29, 0.717) is 6.54 Å². The van der Waals surface area contributed by atoms with Crippen LogP contribution in [0.1, 0.15) is 12.5 Å². The van der Waals surface area contributed by atoms with Crippen LogP contribution >= 0.6 is 0 Å². The molecule has 0 spiro atoms. The van der Waals surface area contributed by atoms with Gasteiger partial charge in [0.05, 0.1) is 6.10 Å². The molecule has 0 aliphatic heterocycles. The van der Waals surface area contributed by atoms with E-state index in [0.717, 1.165) is 5.56 Å². The first-order chi connectivity index (χ1) is 7.11. The fourth-order valence-corrected chi connectivity index (χ4v) is 1.33. The van der Waals surface area contributed by atoms with Crippen molar-refractivity contribution in [2.45, 2.75) is 25.6 Å². The van der Waals surface area contributed by atoms with E-state index in [-0.39, 0.29) is 0 Å². The molecule has 0 aromatic heterocycles. The first-order valence-electron chi connectivity index (χ1n) is 4.86. The highest BCUT2D eigenvalue weighted by atomic mass is 16.3. The molecule has 1 aromatic rings. The minimum absolute atomic E-state index is 0.513. The summed E-state index contributed by atoms with van der Waals surface area (Å²) in [6.45, 7) is 2.05. The van der Waals surface area contributed by atoms with Gasteiger partial charge < -0.3 is 10.8 Å². The molecular formula is C11H16N2O2. The monoisotopic (exact) mass is 208 g/mol. The molecule has 4 N–H and O–H groups in total. The molecule has 1 amide bonds. The van der Waals surface area contributed by atoms with Crippen molar-refractivity contribution in [1.29, 1.82) is 0 Å². The van der Waals surface area contributed by atoms with Crippen molar-refractivity contribution < 1.29 is 9.90 Å². The van der Waals surface area contributed by atoms with Crippen LogP contribution in [0.3, 0.4) is 0 Å². The summed E-state index contributed by atoms with van der Waals surface area (Å²) in [5.41, 5.74) is 6.19. The zero-order chi connectivity index (χ0) is 11.3. The maximum atomic E-state index is 11.0. The second-order valence-electron chi connectivity index (χ2n) is 3.49. The van der Waals surface area contributed by atoms with Gasteiger partial charge in [0.1, 0.15) is 6.04 Å². The molecule has 1 aromatic carbocycles. The van der Waals surface area contributed by atoms with Crippen molar-refractivity contribution in [3.05, 3.63) is 35.9 Å². The first-order valence-corrected chi connectivity index (χ1v) is 4.86.